The van der Waals surface area contributed by atoms with Gasteiger partial charge < -0.3 is 19.0 Å². The van der Waals surface area contributed by atoms with Crippen molar-refractivity contribution in [3.8, 4) is 0 Å². The first kappa shape index (κ1) is 23.7. The van der Waals surface area contributed by atoms with Crippen LogP contribution in [0.5, 0.6) is 0 Å². The minimum atomic E-state index is -0.631. The van der Waals surface area contributed by atoms with E-state index in [1.54, 1.807) is 24.3 Å². The van der Waals surface area contributed by atoms with Crippen LogP contribution in [0.3, 0.4) is 0 Å². The van der Waals surface area contributed by atoms with Crippen LogP contribution in [0.4, 0.5) is 4.39 Å². The van der Waals surface area contributed by atoms with E-state index in [1.165, 1.54) is 39.7 Å². The SMILES string of the molecule is CO/C=C(/C(=O)OC)c1cccc(Cl)c1CO/N=C(\COC)c1cccc(Cl)c1F. The van der Waals surface area contributed by atoms with Crippen molar-refractivity contribution in [1.82, 2.24) is 0 Å². The normalized spacial score (nSPS) is 11.9. The van der Waals surface area contributed by atoms with Crippen LogP contribution in [0, 0.1) is 5.82 Å². The minimum Gasteiger partial charge on any atom is -0.503 e. The van der Waals surface area contributed by atoms with Gasteiger partial charge in [-0.15, -0.1) is 0 Å². The van der Waals surface area contributed by atoms with Gasteiger partial charge in [-0.3, -0.25) is 0 Å². The van der Waals surface area contributed by atoms with Crippen LogP contribution in [0.15, 0.2) is 47.8 Å². The first-order chi connectivity index (χ1) is 14.4. The fraction of sp³-hybridized carbons (Fsp3) is 0.238. The lowest BCUT2D eigenvalue weighted by Gasteiger charge is -2.13. The lowest BCUT2D eigenvalue weighted by Crippen LogP contribution is -2.12. The molecule has 0 N–H and O–H groups in total. The molecule has 0 unspecified atom stereocenters. The van der Waals surface area contributed by atoms with Gasteiger partial charge in [-0.25, -0.2) is 9.18 Å². The maximum atomic E-state index is 14.4. The molecule has 0 atom stereocenters. The Kier molecular flexibility index (Phi) is 9.11. The van der Waals surface area contributed by atoms with Crippen molar-refractivity contribution in [3.05, 3.63) is 75.2 Å². The lowest BCUT2D eigenvalue weighted by atomic mass is 10.0. The van der Waals surface area contributed by atoms with Gasteiger partial charge >= 0.3 is 5.97 Å². The van der Waals surface area contributed by atoms with Gasteiger partial charge in [0.2, 0.25) is 0 Å². The fourth-order valence-corrected chi connectivity index (χ4v) is 3.00. The standard InChI is InChI=1S/C21H20Cl2FNO5/c1-27-10-16(21(26)29-3)13-6-4-8-17(22)15(13)11-30-25-19(12-28-2)14-7-5-9-18(23)20(14)24/h4-10H,11-12H2,1-3H3/b16-10+,25-19+. The minimum absolute atomic E-state index is 0.0103. The summed E-state index contributed by atoms with van der Waals surface area (Å²) in [5, 5.41) is 4.30. The number of hydrogen-bond acceptors (Lipinski definition) is 6. The molecule has 0 aliphatic heterocycles. The van der Waals surface area contributed by atoms with E-state index in [0.717, 1.165) is 0 Å². The molecule has 30 heavy (non-hydrogen) atoms. The molecule has 0 bridgehead atoms. The number of hydrogen-bond donors (Lipinski definition) is 0. The maximum Gasteiger partial charge on any atom is 0.341 e. The zero-order chi connectivity index (χ0) is 22.1. The van der Waals surface area contributed by atoms with Crippen molar-refractivity contribution in [1.29, 1.82) is 0 Å². The van der Waals surface area contributed by atoms with Crippen LogP contribution >= 0.6 is 23.2 Å². The van der Waals surface area contributed by atoms with Gasteiger partial charge in [-0.1, -0.05) is 46.6 Å². The lowest BCUT2D eigenvalue weighted by molar-refractivity contribution is -0.133. The summed E-state index contributed by atoms with van der Waals surface area (Å²) in [5.74, 6) is -1.24. The van der Waals surface area contributed by atoms with E-state index < -0.39 is 11.8 Å². The molecule has 0 saturated carbocycles. The predicted molar refractivity (Wildman–Crippen MR) is 113 cm³/mol. The number of methoxy groups -OCH3 is 3. The van der Waals surface area contributed by atoms with Gasteiger partial charge in [0.25, 0.3) is 0 Å². The van der Waals surface area contributed by atoms with Crippen molar-refractivity contribution in [2.45, 2.75) is 6.61 Å². The third-order valence-corrected chi connectivity index (χ3v) is 4.62. The molecule has 0 fully saturated rings. The third kappa shape index (κ3) is 5.72. The van der Waals surface area contributed by atoms with E-state index in [1.807, 2.05) is 0 Å². The second kappa shape index (κ2) is 11.5. The first-order valence-corrected chi connectivity index (χ1v) is 9.41. The molecule has 9 heteroatoms. The summed E-state index contributed by atoms with van der Waals surface area (Å²) in [6, 6.07) is 9.52. The zero-order valence-corrected chi connectivity index (χ0v) is 18.1. The molecular formula is C21H20Cl2FNO5. The van der Waals surface area contributed by atoms with E-state index in [9.17, 15) is 9.18 Å². The van der Waals surface area contributed by atoms with Crippen molar-refractivity contribution < 1.29 is 28.2 Å². The molecule has 0 aliphatic carbocycles. The van der Waals surface area contributed by atoms with E-state index in [4.69, 9.17) is 42.3 Å². The highest BCUT2D eigenvalue weighted by Gasteiger charge is 2.19. The average Bonchev–Trinajstić information content (AvgIpc) is 2.74. The molecule has 160 valence electrons. The highest BCUT2D eigenvalue weighted by atomic mass is 35.5. The van der Waals surface area contributed by atoms with Gasteiger partial charge in [0.05, 0.1) is 32.1 Å². The summed E-state index contributed by atoms with van der Waals surface area (Å²) in [7, 11) is 4.11. The third-order valence-electron chi connectivity index (χ3n) is 3.98. The van der Waals surface area contributed by atoms with Gasteiger partial charge in [-0.05, 0) is 18.2 Å². The van der Waals surface area contributed by atoms with Crippen molar-refractivity contribution >= 4 is 40.5 Å². The summed E-state index contributed by atoms with van der Waals surface area (Å²) in [4.78, 5) is 17.6. The van der Waals surface area contributed by atoms with Crippen molar-refractivity contribution in [2.75, 3.05) is 27.9 Å². The summed E-state index contributed by atoms with van der Waals surface area (Å²) in [6.07, 6.45) is 1.25. The van der Waals surface area contributed by atoms with E-state index in [2.05, 4.69) is 5.16 Å². The van der Waals surface area contributed by atoms with Gasteiger partial charge in [0.15, 0.2) is 5.82 Å². The number of carbonyl (C=O) groups is 1. The van der Waals surface area contributed by atoms with E-state index in [0.29, 0.717) is 16.1 Å². The highest BCUT2D eigenvalue weighted by Crippen LogP contribution is 2.28. The van der Waals surface area contributed by atoms with Gasteiger partial charge in [0.1, 0.15) is 17.9 Å². The number of carbonyl (C=O) groups excluding carboxylic acids is 1. The summed E-state index contributed by atoms with van der Waals surface area (Å²) in [5.41, 5.74) is 1.43. The quantitative estimate of drug-likeness (QED) is 0.177. The number of nitrogens with zero attached hydrogens (tertiary/aromatic N) is 1. The van der Waals surface area contributed by atoms with Gasteiger partial charge in [0, 0.05) is 28.8 Å². The van der Waals surface area contributed by atoms with Crippen LogP contribution in [0.2, 0.25) is 10.0 Å². The zero-order valence-electron chi connectivity index (χ0n) is 16.6. The molecule has 0 heterocycles. The number of oxime groups is 1. The summed E-state index contributed by atoms with van der Waals surface area (Å²) < 4.78 is 29.2. The molecule has 6 nitrogen and oxygen atoms in total. The molecule has 0 saturated heterocycles. The molecule has 0 radical (unpaired) electrons. The van der Waals surface area contributed by atoms with Gasteiger partial charge in [-0.2, -0.15) is 0 Å². The summed E-state index contributed by atoms with van der Waals surface area (Å²) >= 11 is 12.2. The highest BCUT2D eigenvalue weighted by molar-refractivity contribution is 6.32. The molecular weight excluding hydrogens is 436 g/mol. The Morgan fingerprint density at radius 2 is 1.73 bits per heavy atom. The summed E-state index contributed by atoms with van der Waals surface area (Å²) in [6.45, 7) is -0.119. The van der Waals surface area contributed by atoms with Crippen LogP contribution < -0.4 is 0 Å². The number of ether oxygens (including phenoxy) is 3. The Morgan fingerprint density at radius 3 is 2.37 bits per heavy atom. The van der Waals surface area contributed by atoms with Crippen LogP contribution in [0.1, 0.15) is 16.7 Å². The molecule has 0 aromatic heterocycles. The Balaban J connectivity index is 2.37. The van der Waals surface area contributed by atoms with E-state index in [-0.39, 0.29) is 35.1 Å². The monoisotopic (exact) mass is 455 g/mol. The van der Waals surface area contributed by atoms with Crippen LogP contribution in [-0.4, -0.2) is 39.6 Å². The predicted octanol–water partition coefficient (Wildman–Crippen LogP) is 4.86. The number of esters is 1. The molecule has 0 aliphatic rings. The largest absolute Gasteiger partial charge is 0.503 e. The molecule has 0 amide bonds. The Hall–Kier alpha value is -2.61. The van der Waals surface area contributed by atoms with Crippen molar-refractivity contribution in [2.24, 2.45) is 5.16 Å². The molecule has 2 rings (SSSR count). The number of benzene rings is 2. The Labute approximate surface area is 183 Å². The second-order valence-corrected chi connectivity index (χ2v) is 6.68. The maximum absolute atomic E-state index is 14.4. The van der Waals surface area contributed by atoms with Crippen LogP contribution in [0.25, 0.3) is 5.57 Å². The molecule has 2 aromatic rings. The molecule has 0 spiro atoms. The Morgan fingerprint density at radius 1 is 1.07 bits per heavy atom. The Bertz CT molecular complexity index is 962. The fourth-order valence-electron chi connectivity index (χ4n) is 2.60. The second-order valence-electron chi connectivity index (χ2n) is 5.87. The smallest absolute Gasteiger partial charge is 0.341 e. The first-order valence-electron chi connectivity index (χ1n) is 8.65. The van der Waals surface area contributed by atoms with Crippen molar-refractivity contribution in [3.63, 3.8) is 0 Å². The number of halogens is 3. The molecule has 2 aromatic carbocycles. The van der Waals surface area contributed by atoms with E-state index >= 15 is 0 Å². The average molecular weight is 456 g/mol. The topological polar surface area (TPSA) is 66.4 Å². The number of rotatable bonds is 9. The van der Waals surface area contributed by atoms with Crippen LogP contribution in [-0.2, 0) is 30.4 Å².